The van der Waals surface area contributed by atoms with Gasteiger partial charge in [0.15, 0.2) is 0 Å². The Labute approximate surface area is 66.2 Å². The molecule has 10 heavy (non-hydrogen) atoms. The van der Waals surface area contributed by atoms with Crippen molar-refractivity contribution in [2.24, 2.45) is 0 Å². The lowest BCUT2D eigenvalue weighted by Crippen LogP contribution is -2.15. The molecule has 0 heterocycles. The molecule has 3 heteroatoms. The summed E-state index contributed by atoms with van der Waals surface area (Å²) in [6.45, 7) is 3.73. The van der Waals surface area contributed by atoms with Crippen LogP contribution >= 0.6 is 11.8 Å². The van der Waals surface area contributed by atoms with Gasteiger partial charge in [-0.1, -0.05) is 6.92 Å². The number of hydrogen-bond acceptors (Lipinski definition) is 3. The predicted molar refractivity (Wildman–Crippen MR) is 43.8 cm³/mol. The molecule has 0 aromatic rings. The summed E-state index contributed by atoms with van der Waals surface area (Å²) in [7, 11) is 0. The number of aliphatic hydroxyl groups excluding tert-OH is 1. The van der Waals surface area contributed by atoms with Crippen molar-refractivity contribution in [3.05, 3.63) is 0 Å². The van der Waals surface area contributed by atoms with Gasteiger partial charge in [0.25, 0.3) is 0 Å². The molecule has 0 rings (SSSR count). The highest BCUT2D eigenvalue weighted by Crippen LogP contribution is 2.14. The third-order valence-electron chi connectivity index (χ3n) is 1.27. The molecule has 0 spiro atoms. The number of hydrogen-bond donors (Lipinski definition) is 1. The molecule has 2 unspecified atom stereocenters. The van der Waals surface area contributed by atoms with E-state index in [1.165, 1.54) is 0 Å². The molecule has 0 aliphatic heterocycles. The van der Waals surface area contributed by atoms with Crippen molar-refractivity contribution in [3.8, 4) is 6.07 Å². The Hall–Kier alpha value is -0.200. The van der Waals surface area contributed by atoms with E-state index in [9.17, 15) is 0 Å². The lowest BCUT2D eigenvalue weighted by Gasteiger charge is -2.12. The van der Waals surface area contributed by atoms with E-state index in [-0.39, 0.29) is 11.4 Å². The zero-order valence-electron chi connectivity index (χ0n) is 6.37. The van der Waals surface area contributed by atoms with Crippen LogP contribution in [0.4, 0.5) is 0 Å². The summed E-state index contributed by atoms with van der Waals surface area (Å²) in [5.41, 5.74) is 0. The van der Waals surface area contributed by atoms with Gasteiger partial charge in [-0.25, -0.2) is 0 Å². The van der Waals surface area contributed by atoms with Gasteiger partial charge >= 0.3 is 0 Å². The molecule has 0 aliphatic carbocycles. The van der Waals surface area contributed by atoms with Crippen LogP contribution in [0.5, 0.6) is 0 Å². The summed E-state index contributed by atoms with van der Waals surface area (Å²) in [5.74, 6) is 0.822. The molecule has 0 aliphatic rings. The molecule has 58 valence electrons. The third kappa shape index (κ3) is 4.66. The fourth-order valence-electron chi connectivity index (χ4n) is 0.430. The second kappa shape index (κ2) is 5.57. The SMILES string of the molecule is CC(O)C(C)SCCC#N. The van der Waals surface area contributed by atoms with Gasteiger partial charge in [-0.15, -0.1) is 0 Å². The zero-order valence-corrected chi connectivity index (χ0v) is 7.19. The highest BCUT2D eigenvalue weighted by Gasteiger charge is 2.07. The van der Waals surface area contributed by atoms with E-state index in [1.807, 2.05) is 6.92 Å². The van der Waals surface area contributed by atoms with Gasteiger partial charge in [0.1, 0.15) is 0 Å². The molecule has 0 amide bonds. The van der Waals surface area contributed by atoms with Crippen LogP contribution in [0.15, 0.2) is 0 Å². The standard InChI is InChI=1S/C7H13NOS/c1-6(9)7(2)10-5-3-4-8/h6-7,9H,3,5H2,1-2H3. The molecule has 0 radical (unpaired) electrons. The zero-order chi connectivity index (χ0) is 7.98. The minimum atomic E-state index is -0.274. The highest BCUT2D eigenvalue weighted by molar-refractivity contribution is 7.99. The van der Waals surface area contributed by atoms with Gasteiger partial charge in [-0.3, -0.25) is 0 Å². The van der Waals surface area contributed by atoms with E-state index in [0.29, 0.717) is 6.42 Å². The first-order valence-electron chi connectivity index (χ1n) is 3.35. The van der Waals surface area contributed by atoms with Crippen LogP contribution in [0.25, 0.3) is 0 Å². The molecular formula is C7H13NOS. The number of aliphatic hydroxyl groups is 1. The maximum atomic E-state index is 9.02. The Morgan fingerprint density at radius 3 is 2.60 bits per heavy atom. The van der Waals surface area contributed by atoms with Crippen molar-refractivity contribution < 1.29 is 5.11 Å². The molecular weight excluding hydrogens is 146 g/mol. The van der Waals surface area contributed by atoms with Crippen LogP contribution in [0, 0.1) is 11.3 Å². The van der Waals surface area contributed by atoms with Gasteiger partial charge < -0.3 is 5.11 Å². The Morgan fingerprint density at radius 1 is 1.60 bits per heavy atom. The van der Waals surface area contributed by atoms with E-state index in [2.05, 4.69) is 6.07 Å². The van der Waals surface area contributed by atoms with Crippen molar-refractivity contribution in [2.75, 3.05) is 5.75 Å². The molecule has 0 saturated heterocycles. The van der Waals surface area contributed by atoms with Gasteiger partial charge in [0.2, 0.25) is 0 Å². The monoisotopic (exact) mass is 159 g/mol. The Bertz CT molecular complexity index is 119. The Morgan fingerprint density at radius 2 is 2.20 bits per heavy atom. The van der Waals surface area contributed by atoms with Gasteiger partial charge in [-0.2, -0.15) is 17.0 Å². The summed E-state index contributed by atoms with van der Waals surface area (Å²) in [5, 5.41) is 17.5. The fraction of sp³-hybridized carbons (Fsp3) is 0.857. The summed E-state index contributed by atoms with van der Waals surface area (Å²) in [6, 6.07) is 2.06. The molecule has 0 aromatic heterocycles. The van der Waals surface area contributed by atoms with Gasteiger partial charge in [0, 0.05) is 17.4 Å². The largest absolute Gasteiger partial charge is 0.392 e. The smallest absolute Gasteiger partial charge is 0.0630 e. The first-order valence-corrected chi connectivity index (χ1v) is 4.40. The molecule has 1 N–H and O–H groups in total. The predicted octanol–water partition coefficient (Wildman–Crippen LogP) is 1.40. The fourth-order valence-corrected chi connectivity index (χ4v) is 1.29. The number of nitrogens with zero attached hydrogens (tertiary/aromatic N) is 1. The topological polar surface area (TPSA) is 44.0 Å². The Kier molecular flexibility index (Phi) is 5.46. The lowest BCUT2D eigenvalue weighted by molar-refractivity contribution is 0.196. The Balaban J connectivity index is 3.23. The molecule has 0 fully saturated rings. The minimum Gasteiger partial charge on any atom is -0.392 e. The van der Waals surface area contributed by atoms with E-state index < -0.39 is 0 Å². The van der Waals surface area contributed by atoms with Crippen molar-refractivity contribution in [1.29, 1.82) is 5.26 Å². The second-order valence-corrected chi connectivity index (χ2v) is 3.71. The summed E-state index contributed by atoms with van der Waals surface area (Å²) >= 11 is 1.64. The van der Waals surface area contributed by atoms with E-state index >= 15 is 0 Å². The van der Waals surface area contributed by atoms with Crippen LogP contribution < -0.4 is 0 Å². The van der Waals surface area contributed by atoms with Crippen molar-refractivity contribution in [3.63, 3.8) is 0 Å². The highest BCUT2D eigenvalue weighted by atomic mass is 32.2. The van der Waals surface area contributed by atoms with E-state index in [1.54, 1.807) is 18.7 Å². The molecule has 0 bridgehead atoms. The summed E-state index contributed by atoms with van der Waals surface area (Å²) in [4.78, 5) is 0. The average Bonchev–Trinajstić information content (AvgIpc) is 1.88. The van der Waals surface area contributed by atoms with E-state index in [0.717, 1.165) is 5.75 Å². The van der Waals surface area contributed by atoms with Crippen molar-refractivity contribution in [2.45, 2.75) is 31.6 Å². The normalized spacial score (nSPS) is 15.8. The quantitative estimate of drug-likeness (QED) is 0.631. The van der Waals surface area contributed by atoms with Crippen LogP contribution in [0.3, 0.4) is 0 Å². The number of thioether (sulfide) groups is 1. The third-order valence-corrected chi connectivity index (χ3v) is 2.63. The number of rotatable bonds is 4. The first kappa shape index (κ1) is 9.80. The maximum Gasteiger partial charge on any atom is 0.0630 e. The van der Waals surface area contributed by atoms with Gasteiger partial charge in [-0.05, 0) is 6.92 Å². The minimum absolute atomic E-state index is 0.244. The maximum absolute atomic E-state index is 9.02. The summed E-state index contributed by atoms with van der Waals surface area (Å²) in [6.07, 6.45) is 0.297. The first-order chi connectivity index (χ1) is 4.68. The van der Waals surface area contributed by atoms with E-state index in [4.69, 9.17) is 10.4 Å². The molecule has 2 nitrogen and oxygen atoms in total. The number of nitriles is 1. The summed E-state index contributed by atoms with van der Waals surface area (Å²) < 4.78 is 0. The molecule has 0 saturated carbocycles. The van der Waals surface area contributed by atoms with Crippen LogP contribution in [-0.2, 0) is 0 Å². The molecule has 2 atom stereocenters. The van der Waals surface area contributed by atoms with Crippen LogP contribution in [-0.4, -0.2) is 22.2 Å². The van der Waals surface area contributed by atoms with Crippen molar-refractivity contribution in [1.82, 2.24) is 0 Å². The molecule has 0 aromatic carbocycles. The lowest BCUT2D eigenvalue weighted by atomic mass is 10.3. The van der Waals surface area contributed by atoms with Crippen LogP contribution in [0.1, 0.15) is 20.3 Å². The van der Waals surface area contributed by atoms with Crippen molar-refractivity contribution >= 4 is 11.8 Å². The average molecular weight is 159 g/mol. The van der Waals surface area contributed by atoms with Gasteiger partial charge in [0.05, 0.1) is 12.2 Å². The van der Waals surface area contributed by atoms with Crippen LogP contribution in [0.2, 0.25) is 0 Å². The second-order valence-electron chi connectivity index (χ2n) is 2.22.